The van der Waals surface area contributed by atoms with E-state index >= 15 is 0 Å². The molecule has 1 rings (SSSR count). The third-order valence-corrected chi connectivity index (χ3v) is 2.87. The Bertz CT molecular complexity index is 358. The van der Waals surface area contributed by atoms with Crippen molar-refractivity contribution in [3.8, 4) is 0 Å². The highest BCUT2D eigenvalue weighted by atomic mass is 19.4. The molecule has 0 bridgehead atoms. The predicted octanol–water partition coefficient (Wildman–Crippen LogP) is 1.91. The fourth-order valence-electron chi connectivity index (χ4n) is 1.81. The van der Waals surface area contributed by atoms with E-state index in [1.54, 1.807) is 11.8 Å². The number of halogens is 3. The second kappa shape index (κ2) is 6.58. The van der Waals surface area contributed by atoms with Gasteiger partial charge in [0.2, 0.25) is 0 Å². The van der Waals surface area contributed by atoms with Gasteiger partial charge in [-0.25, -0.2) is 0 Å². The molecule has 19 heavy (non-hydrogen) atoms. The van der Waals surface area contributed by atoms with Crippen LogP contribution in [0.1, 0.15) is 19.8 Å². The number of carbonyl (C=O) groups excluding carboxylic acids is 2. The minimum atomic E-state index is -4.83. The molecule has 1 fully saturated rings. The van der Waals surface area contributed by atoms with Crippen molar-refractivity contribution in [1.29, 1.82) is 0 Å². The van der Waals surface area contributed by atoms with Crippen LogP contribution >= 0.6 is 0 Å². The zero-order chi connectivity index (χ0) is 14.5. The minimum Gasteiger partial charge on any atom is -0.466 e. The Morgan fingerprint density at radius 3 is 2.37 bits per heavy atom. The summed E-state index contributed by atoms with van der Waals surface area (Å²) < 4.78 is 40.8. The number of carbonyl (C=O) groups is 2. The van der Waals surface area contributed by atoms with Gasteiger partial charge in [0.15, 0.2) is 0 Å². The van der Waals surface area contributed by atoms with Crippen LogP contribution in [0.15, 0.2) is 12.3 Å². The molecule has 1 aliphatic heterocycles. The van der Waals surface area contributed by atoms with Crippen molar-refractivity contribution in [2.24, 2.45) is 5.92 Å². The number of ether oxygens (including phenoxy) is 1. The van der Waals surface area contributed by atoms with E-state index in [4.69, 9.17) is 4.74 Å². The minimum absolute atomic E-state index is 0.206. The molecule has 0 aromatic heterocycles. The number of likely N-dealkylation sites (tertiary alicyclic amines) is 1. The maximum atomic E-state index is 12.0. The first-order valence-corrected chi connectivity index (χ1v) is 6.04. The fourth-order valence-corrected chi connectivity index (χ4v) is 1.81. The zero-order valence-corrected chi connectivity index (χ0v) is 10.6. The van der Waals surface area contributed by atoms with E-state index in [1.807, 2.05) is 0 Å². The van der Waals surface area contributed by atoms with E-state index in [0.717, 1.165) is 6.20 Å². The van der Waals surface area contributed by atoms with Gasteiger partial charge in [0.05, 0.1) is 12.5 Å². The van der Waals surface area contributed by atoms with Gasteiger partial charge in [0, 0.05) is 25.4 Å². The molecule has 108 valence electrons. The molecule has 0 spiro atoms. The van der Waals surface area contributed by atoms with Crippen LogP contribution in [-0.4, -0.2) is 42.5 Å². The maximum Gasteiger partial charge on any atom is 0.454 e. The highest BCUT2D eigenvalue weighted by Crippen LogP contribution is 2.20. The molecule has 0 aliphatic carbocycles. The monoisotopic (exact) mass is 279 g/mol. The molecule has 1 heterocycles. The van der Waals surface area contributed by atoms with Gasteiger partial charge < -0.3 is 9.64 Å². The topological polar surface area (TPSA) is 46.6 Å². The smallest absolute Gasteiger partial charge is 0.454 e. The number of allylic oxidation sites excluding steroid dienone is 1. The normalized spacial score (nSPS) is 17.8. The summed E-state index contributed by atoms with van der Waals surface area (Å²) in [6, 6.07) is 0. The molecular formula is C12H16F3NO3. The Kier molecular flexibility index (Phi) is 5.38. The third kappa shape index (κ3) is 4.92. The first kappa shape index (κ1) is 15.5. The van der Waals surface area contributed by atoms with E-state index in [9.17, 15) is 22.8 Å². The molecule has 4 nitrogen and oxygen atoms in total. The van der Waals surface area contributed by atoms with E-state index in [-0.39, 0.29) is 11.9 Å². The summed E-state index contributed by atoms with van der Waals surface area (Å²) in [5, 5.41) is 0. The average molecular weight is 279 g/mol. The van der Waals surface area contributed by atoms with Gasteiger partial charge in [-0.1, -0.05) is 0 Å². The number of ketones is 1. The van der Waals surface area contributed by atoms with E-state index in [1.165, 1.54) is 0 Å². The van der Waals surface area contributed by atoms with Gasteiger partial charge in [-0.3, -0.25) is 9.59 Å². The summed E-state index contributed by atoms with van der Waals surface area (Å²) in [6.45, 7) is 2.91. The molecule has 0 N–H and O–H groups in total. The highest BCUT2D eigenvalue weighted by molar-refractivity contribution is 5.94. The summed E-state index contributed by atoms with van der Waals surface area (Å²) in [5.41, 5.74) is 0. The third-order valence-electron chi connectivity index (χ3n) is 2.87. The lowest BCUT2D eigenvalue weighted by atomic mass is 9.97. The van der Waals surface area contributed by atoms with Gasteiger partial charge in [-0.2, -0.15) is 13.2 Å². The molecule has 0 saturated carbocycles. The predicted molar refractivity (Wildman–Crippen MR) is 61.1 cm³/mol. The van der Waals surface area contributed by atoms with Crippen LogP contribution in [0.4, 0.5) is 13.2 Å². The molecule has 0 unspecified atom stereocenters. The Morgan fingerprint density at radius 2 is 1.89 bits per heavy atom. The van der Waals surface area contributed by atoms with Crippen molar-refractivity contribution in [3.63, 3.8) is 0 Å². The van der Waals surface area contributed by atoms with Crippen LogP contribution in [-0.2, 0) is 14.3 Å². The average Bonchev–Trinajstić information content (AvgIpc) is 2.35. The Hall–Kier alpha value is -1.53. The van der Waals surface area contributed by atoms with E-state index < -0.39 is 12.0 Å². The summed E-state index contributed by atoms with van der Waals surface area (Å²) >= 11 is 0. The first-order chi connectivity index (χ1) is 8.84. The largest absolute Gasteiger partial charge is 0.466 e. The SMILES string of the molecule is CCOC(=O)C1CCN(C=CC(=O)C(F)(F)F)CC1. The van der Waals surface area contributed by atoms with Crippen LogP contribution < -0.4 is 0 Å². The summed E-state index contributed by atoms with van der Waals surface area (Å²) in [5.74, 6) is -2.35. The number of esters is 1. The summed E-state index contributed by atoms with van der Waals surface area (Å²) in [4.78, 5) is 23.7. The number of rotatable bonds is 4. The molecular weight excluding hydrogens is 263 g/mol. The van der Waals surface area contributed by atoms with Crippen molar-refractivity contribution >= 4 is 11.8 Å². The van der Waals surface area contributed by atoms with E-state index in [0.29, 0.717) is 38.6 Å². The van der Waals surface area contributed by atoms with Crippen molar-refractivity contribution < 1.29 is 27.5 Å². The van der Waals surface area contributed by atoms with Gasteiger partial charge in [0.25, 0.3) is 5.78 Å². The highest BCUT2D eigenvalue weighted by Gasteiger charge is 2.36. The Labute approximate surface area is 109 Å². The molecule has 0 radical (unpaired) electrons. The van der Waals surface area contributed by atoms with Crippen LogP contribution in [0, 0.1) is 5.92 Å². The van der Waals surface area contributed by atoms with Gasteiger partial charge >= 0.3 is 12.1 Å². The number of hydrogen-bond donors (Lipinski definition) is 0. The summed E-state index contributed by atoms with van der Waals surface area (Å²) in [7, 11) is 0. The molecule has 1 saturated heterocycles. The van der Waals surface area contributed by atoms with Crippen molar-refractivity contribution in [2.75, 3.05) is 19.7 Å². The number of hydrogen-bond acceptors (Lipinski definition) is 4. The fraction of sp³-hybridized carbons (Fsp3) is 0.667. The zero-order valence-electron chi connectivity index (χ0n) is 10.6. The number of piperidine rings is 1. The molecule has 0 amide bonds. The van der Waals surface area contributed by atoms with Gasteiger partial charge in [0.1, 0.15) is 0 Å². The molecule has 7 heteroatoms. The Morgan fingerprint density at radius 1 is 1.32 bits per heavy atom. The molecule has 0 aromatic rings. The van der Waals surface area contributed by atoms with Crippen molar-refractivity contribution in [3.05, 3.63) is 12.3 Å². The lowest BCUT2D eigenvalue weighted by Gasteiger charge is -2.29. The maximum absolute atomic E-state index is 12.0. The lowest BCUT2D eigenvalue weighted by molar-refractivity contribution is -0.165. The van der Waals surface area contributed by atoms with E-state index in [2.05, 4.69) is 0 Å². The lowest BCUT2D eigenvalue weighted by Crippen LogP contribution is -2.34. The Balaban J connectivity index is 2.40. The van der Waals surface area contributed by atoms with Gasteiger partial charge in [-0.15, -0.1) is 0 Å². The quantitative estimate of drug-likeness (QED) is 0.582. The van der Waals surface area contributed by atoms with Gasteiger partial charge in [-0.05, 0) is 19.8 Å². The van der Waals surface area contributed by atoms with Crippen molar-refractivity contribution in [2.45, 2.75) is 25.9 Å². The molecule has 0 atom stereocenters. The van der Waals surface area contributed by atoms with Crippen LogP contribution in [0.25, 0.3) is 0 Å². The number of alkyl halides is 3. The second-order valence-corrected chi connectivity index (χ2v) is 4.24. The standard InChI is InChI=1S/C12H16F3NO3/c1-2-19-11(18)9-3-6-16(7-4-9)8-5-10(17)12(13,14)15/h5,8-9H,2-4,6-7H2,1H3. The van der Waals surface area contributed by atoms with Crippen molar-refractivity contribution in [1.82, 2.24) is 4.90 Å². The molecule has 1 aliphatic rings. The van der Waals surface area contributed by atoms with Crippen LogP contribution in [0.2, 0.25) is 0 Å². The molecule has 0 aromatic carbocycles. The van der Waals surface area contributed by atoms with Crippen LogP contribution in [0.5, 0.6) is 0 Å². The second-order valence-electron chi connectivity index (χ2n) is 4.24. The van der Waals surface area contributed by atoms with Crippen LogP contribution in [0.3, 0.4) is 0 Å². The first-order valence-electron chi connectivity index (χ1n) is 6.04. The number of nitrogens with zero attached hydrogens (tertiary/aromatic N) is 1. The summed E-state index contributed by atoms with van der Waals surface area (Å²) in [6.07, 6.45) is -2.14.